The second kappa shape index (κ2) is 8.17. The lowest BCUT2D eigenvalue weighted by molar-refractivity contribution is 0.690. The number of aromatic nitrogens is 4. The molecule has 0 atom stereocenters. The molecule has 6 nitrogen and oxygen atoms in total. The second-order valence-corrected chi connectivity index (χ2v) is 6.99. The summed E-state index contributed by atoms with van der Waals surface area (Å²) < 4.78 is 1.62. The van der Waals surface area contributed by atoms with Crippen molar-refractivity contribution in [2.45, 2.75) is 19.3 Å². The summed E-state index contributed by atoms with van der Waals surface area (Å²) in [5.74, 6) is 0.687. The van der Waals surface area contributed by atoms with Crippen molar-refractivity contribution in [1.82, 2.24) is 19.5 Å². The van der Waals surface area contributed by atoms with Crippen molar-refractivity contribution in [1.29, 1.82) is 0 Å². The van der Waals surface area contributed by atoms with Gasteiger partial charge in [0, 0.05) is 32.4 Å². The van der Waals surface area contributed by atoms with E-state index in [-0.39, 0.29) is 5.56 Å². The summed E-state index contributed by atoms with van der Waals surface area (Å²) >= 11 is 0. The van der Waals surface area contributed by atoms with Gasteiger partial charge in [-0.05, 0) is 30.9 Å². The van der Waals surface area contributed by atoms with Crippen LogP contribution >= 0.6 is 0 Å². The summed E-state index contributed by atoms with van der Waals surface area (Å²) in [4.78, 5) is 27.6. The highest BCUT2D eigenvalue weighted by Crippen LogP contribution is 2.22. The van der Waals surface area contributed by atoms with Crippen LogP contribution in [-0.4, -0.2) is 32.6 Å². The molecule has 0 radical (unpaired) electrons. The smallest absolute Gasteiger partial charge is 0.255 e. The predicted molar refractivity (Wildman–Crippen MR) is 110 cm³/mol. The van der Waals surface area contributed by atoms with Gasteiger partial charge in [0.1, 0.15) is 6.33 Å². The first-order chi connectivity index (χ1) is 13.7. The average Bonchev–Trinajstić information content (AvgIpc) is 2.75. The number of benzene rings is 1. The van der Waals surface area contributed by atoms with Crippen LogP contribution in [-0.2, 0) is 13.5 Å². The molecule has 0 saturated heterocycles. The van der Waals surface area contributed by atoms with Crippen LogP contribution in [0.3, 0.4) is 0 Å². The molecule has 0 spiro atoms. The Morgan fingerprint density at radius 2 is 1.93 bits per heavy atom. The molecule has 0 N–H and O–H groups in total. The summed E-state index contributed by atoms with van der Waals surface area (Å²) in [6.45, 7) is 1.64. The Morgan fingerprint density at radius 3 is 2.71 bits per heavy atom. The van der Waals surface area contributed by atoms with Crippen LogP contribution in [0.5, 0.6) is 0 Å². The van der Waals surface area contributed by atoms with E-state index in [1.807, 2.05) is 6.07 Å². The van der Waals surface area contributed by atoms with Crippen molar-refractivity contribution in [3.05, 3.63) is 82.6 Å². The van der Waals surface area contributed by atoms with Crippen molar-refractivity contribution in [3.63, 3.8) is 0 Å². The van der Waals surface area contributed by atoms with E-state index in [2.05, 4.69) is 45.2 Å². The van der Waals surface area contributed by atoms with Crippen molar-refractivity contribution in [2.24, 2.45) is 7.05 Å². The third kappa shape index (κ3) is 4.01. The maximum atomic E-state index is 12.5. The number of rotatable bonds is 5. The third-order valence-electron chi connectivity index (χ3n) is 5.04. The number of hydrogen-bond acceptors (Lipinski definition) is 5. The number of anilines is 1. The Bertz CT molecular complexity index is 1030. The predicted octanol–water partition coefficient (Wildman–Crippen LogP) is 3.01. The molecule has 4 rings (SSSR count). The molecule has 142 valence electrons. The first-order valence-electron chi connectivity index (χ1n) is 9.52. The van der Waals surface area contributed by atoms with E-state index in [0.29, 0.717) is 17.3 Å². The maximum Gasteiger partial charge on any atom is 0.255 e. The van der Waals surface area contributed by atoms with Crippen LogP contribution in [0.1, 0.15) is 18.4 Å². The zero-order valence-electron chi connectivity index (χ0n) is 16.0. The molecule has 2 aromatic heterocycles. The number of aryl methyl sites for hydroxylation is 1. The van der Waals surface area contributed by atoms with Gasteiger partial charge in [-0.25, -0.2) is 15.0 Å². The van der Waals surface area contributed by atoms with Crippen molar-refractivity contribution >= 4 is 5.95 Å². The van der Waals surface area contributed by atoms with Gasteiger partial charge in [-0.15, -0.1) is 0 Å². The van der Waals surface area contributed by atoms with E-state index in [1.165, 1.54) is 23.5 Å². The van der Waals surface area contributed by atoms with Gasteiger partial charge >= 0.3 is 0 Å². The van der Waals surface area contributed by atoms with Crippen molar-refractivity contribution in [2.75, 3.05) is 18.0 Å². The number of hydrogen-bond donors (Lipinski definition) is 0. The average molecular weight is 373 g/mol. The van der Waals surface area contributed by atoms with Crippen LogP contribution in [0.4, 0.5) is 5.95 Å². The molecule has 0 aliphatic carbocycles. The molecule has 0 fully saturated rings. The van der Waals surface area contributed by atoms with Crippen molar-refractivity contribution in [3.8, 4) is 11.4 Å². The van der Waals surface area contributed by atoms with E-state index in [0.717, 1.165) is 32.4 Å². The maximum absolute atomic E-state index is 12.5. The molecule has 3 aromatic rings. The molecular weight excluding hydrogens is 350 g/mol. The highest BCUT2D eigenvalue weighted by molar-refractivity contribution is 5.55. The molecule has 6 heteroatoms. The minimum atomic E-state index is -0.0843. The Hall–Kier alpha value is -3.28. The SMILES string of the molecule is Cn1c(N2CCC=C(CCc3ccccc3)C2)nc(-c2ccncn2)cc1=O. The Morgan fingerprint density at radius 1 is 1.07 bits per heavy atom. The van der Waals surface area contributed by atoms with Crippen LogP contribution < -0.4 is 10.5 Å². The van der Waals surface area contributed by atoms with Crippen LogP contribution in [0.2, 0.25) is 0 Å². The van der Waals surface area contributed by atoms with E-state index in [4.69, 9.17) is 4.98 Å². The Labute approximate surface area is 164 Å². The monoisotopic (exact) mass is 373 g/mol. The van der Waals surface area contributed by atoms with E-state index in [1.54, 1.807) is 23.9 Å². The first-order valence-corrected chi connectivity index (χ1v) is 9.52. The molecule has 1 aliphatic rings. The lowest BCUT2D eigenvalue weighted by atomic mass is 10.0. The van der Waals surface area contributed by atoms with Gasteiger partial charge in [0.15, 0.2) is 0 Å². The van der Waals surface area contributed by atoms with Gasteiger partial charge in [-0.2, -0.15) is 0 Å². The zero-order valence-corrected chi connectivity index (χ0v) is 16.0. The molecule has 1 aliphatic heterocycles. The quantitative estimate of drug-likeness (QED) is 0.643. The molecule has 0 unspecified atom stereocenters. The lowest BCUT2D eigenvalue weighted by Gasteiger charge is -2.29. The Balaban J connectivity index is 1.55. The van der Waals surface area contributed by atoms with Crippen LogP contribution in [0.25, 0.3) is 11.4 Å². The largest absolute Gasteiger partial charge is 0.338 e. The lowest BCUT2D eigenvalue weighted by Crippen LogP contribution is -2.35. The molecular formula is C22H23N5O. The number of nitrogens with zero attached hydrogens (tertiary/aromatic N) is 5. The molecule has 28 heavy (non-hydrogen) atoms. The molecule has 0 saturated carbocycles. The van der Waals surface area contributed by atoms with Gasteiger partial charge in [0.2, 0.25) is 5.95 Å². The Kier molecular flexibility index (Phi) is 5.28. The van der Waals surface area contributed by atoms with Gasteiger partial charge < -0.3 is 4.90 Å². The fourth-order valence-corrected chi connectivity index (χ4v) is 3.50. The summed E-state index contributed by atoms with van der Waals surface area (Å²) in [5, 5.41) is 0. The molecule has 1 aromatic carbocycles. The minimum absolute atomic E-state index is 0.0843. The normalized spacial score (nSPS) is 14.0. The minimum Gasteiger partial charge on any atom is -0.338 e. The van der Waals surface area contributed by atoms with Crippen molar-refractivity contribution < 1.29 is 0 Å². The van der Waals surface area contributed by atoms with Gasteiger partial charge in [0.05, 0.1) is 11.4 Å². The van der Waals surface area contributed by atoms with Crippen LogP contribution in [0, 0.1) is 0 Å². The highest BCUT2D eigenvalue weighted by Gasteiger charge is 2.19. The summed E-state index contributed by atoms with van der Waals surface area (Å²) in [5.41, 5.74) is 3.89. The summed E-state index contributed by atoms with van der Waals surface area (Å²) in [6, 6.07) is 13.8. The fourth-order valence-electron chi connectivity index (χ4n) is 3.50. The van der Waals surface area contributed by atoms with Gasteiger partial charge in [-0.3, -0.25) is 9.36 Å². The molecule has 0 amide bonds. The standard InChI is InChI=1S/C22H23N5O/c1-26-21(28)14-20(19-11-12-23-16-24-19)25-22(26)27-13-5-8-18(15-27)10-9-17-6-3-2-4-7-17/h2-4,6-8,11-12,14,16H,5,9-10,13,15H2,1H3. The topological polar surface area (TPSA) is 63.9 Å². The third-order valence-corrected chi connectivity index (χ3v) is 5.04. The van der Waals surface area contributed by atoms with E-state index in [9.17, 15) is 4.79 Å². The van der Waals surface area contributed by atoms with E-state index < -0.39 is 0 Å². The molecule has 0 bridgehead atoms. The zero-order chi connectivity index (χ0) is 19.3. The van der Waals surface area contributed by atoms with E-state index >= 15 is 0 Å². The van der Waals surface area contributed by atoms with Gasteiger partial charge in [0.25, 0.3) is 5.56 Å². The molecule has 3 heterocycles. The summed E-state index contributed by atoms with van der Waals surface area (Å²) in [7, 11) is 1.77. The summed E-state index contributed by atoms with van der Waals surface area (Å²) in [6.07, 6.45) is 8.45. The first kappa shape index (κ1) is 18.1. The van der Waals surface area contributed by atoms with Crippen LogP contribution in [0.15, 0.2) is 71.4 Å². The second-order valence-electron chi connectivity index (χ2n) is 6.99. The van der Waals surface area contributed by atoms with Gasteiger partial charge in [-0.1, -0.05) is 42.0 Å². The fraction of sp³-hybridized carbons (Fsp3) is 0.273. The highest BCUT2D eigenvalue weighted by atomic mass is 16.1.